The Morgan fingerprint density at radius 1 is 1.50 bits per heavy atom. The summed E-state index contributed by atoms with van der Waals surface area (Å²) in [4.78, 5) is 10.2. The van der Waals surface area contributed by atoms with E-state index in [9.17, 15) is 0 Å². The minimum atomic E-state index is 0.235. The fraction of sp³-hybridized carbons (Fsp3) is 0.545. The number of nitrogens with zero attached hydrogens (tertiary/aromatic N) is 4. The maximum absolute atomic E-state index is 8.75. The smallest absolute Gasteiger partial charge is 0.234 e. The molecule has 2 rings (SSSR count). The first-order chi connectivity index (χ1) is 7.81. The van der Waals surface area contributed by atoms with Crippen LogP contribution < -0.4 is 10.2 Å². The molecule has 2 heterocycles. The molecule has 0 atom stereocenters. The molecule has 16 heavy (non-hydrogen) atoms. The molecule has 5 nitrogen and oxygen atoms in total. The Bertz CT molecular complexity index is 392. The second-order valence-corrected chi connectivity index (χ2v) is 3.94. The quantitative estimate of drug-likeness (QED) is 0.783. The molecule has 0 amide bonds. The average Bonchev–Trinajstić information content (AvgIpc) is 2.39. The molecule has 1 aromatic rings. The second-order valence-electron chi connectivity index (χ2n) is 3.94. The van der Waals surface area contributed by atoms with Crippen LogP contribution in [0.4, 0.5) is 5.82 Å². The maximum Gasteiger partial charge on any atom is 0.234 e. The monoisotopic (exact) mass is 217 g/mol. The number of nitriles is 1. The van der Waals surface area contributed by atoms with E-state index in [1.165, 1.54) is 0 Å². The van der Waals surface area contributed by atoms with Gasteiger partial charge in [0.2, 0.25) is 5.82 Å². The third kappa shape index (κ3) is 2.28. The first-order valence-electron chi connectivity index (χ1n) is 5.48. The molecule has 1 fully saturated rings. The third-order valence-corrected chi connectivity index (χ3v) is 2.96. The SMILES string of the molecule is CN(c1ccnc(C#N)n1)C1CCNCC1. The van der Waals surface area contributed by atoms with E-state index in [4.69, 9.17) is 5.26 Å². The molecule has 84 valence electrons. The van der Waals surface area contributed by atoms with Gasteiger partial charge < -0.3 is 10.2 Å². The van der Waals surface area contributed by atoms with Gasteiger partial charge in [-0.2, -0.15) is 5.26 Å². The van der Waals surface area contributed by atoms with Crippen LogP contribution in [0.1, 0.15) is 18.7 Å². The molecular formula is C11H15N5. The van der Waals surface area contributed by atoms with Crippen molar-refractivity contribution in [1.29, 1.82) is 5.26 Å². The lowest BCUT2D eigenvalue weighted by molar-refractivity contribution is 0.441. The molecule has 0 bridgehead atoms. The summed E-state index contributed by atoms with van der Waals surface area (Å²) in [6.07, 6.45) is 3.86. The van der Waals surface area contributed by atoms with Crippen molar-refractivity contribution < 1.29 is 0 Å². The Kier molecular flexibility index (Phi) is 3.32. The Hall–Kier alpha value is -1.67. The predicted molar refractivity (Wildman–Crippen MR) is 61.0 cm³/mol. The molecule has 0 spiro atoms. The topological polar surface area (TPSA) is 64.8 Å². The first kappa shape index (κ1) is 10.8. The molecule has 0 radical (unpaired) electrons. The molecule has 1 aliphatic heterocycles. The van der Waals surface area contributed by atoms with Crippen molar-refractivity contribution in [1.82, 2.24) is 15.3 Å². The minimum Gasteiger partial charge on any atom is -0.356 e. The highest BCUT2D eigenvalue weighted by molar-refractivity contribution is 5.39. The normalized spacial score (nSPS) is 16.8. The van der Waals surface area contributed by atoms with Crippen LogP contribution in [-0.2, 0) is 0 Å². The molecular weight excluding hydrogens is 202 g/mol. The maximum atomic E-state index is 8.75. The Morgan fingerprint density at radius 3 is 2.94 bits per heavy atom. The number of rotatable bonds is 2. The zero-order valence-corrected chi connectivity index (χ0v) is 9.35. The van der Waals surface area contributed by atoms with Crippen LogP contribution >= 0.6 is 0 Å². The summed E-state index contributed by atoms with van der Waals surface area (Å²) in [5.41, 5.74) is 0. The summed E-state index contributed by atoms with van der Waals surface area (Å²) in [5.74, 6) is 1.07. The van der Waals surface area contributed by atoms with Gasteiger partial charge in [-0.25, -0.2) is 9.97 Å². The highest BCUT2D eigenvalue weighted by Gasteiger charge is 2.18. The van der Waals surface area contributed by atoms with Crippen LogP contribution in [0.2, 0.25) is 0 Å². The van der Waals surface area contributed by atoms with Crippen molar-refractivity contribution in [2.75, 3.05) is 25.0 Å². The number of hydrogen-bond acceptors (Lipinski definition) is 5. The summed E-state index contributed by atoms with van der Waals surface area (Å²) in [6, 6.07) is 4.32. The Morgan fingerprint density at radius 2 is 2.25 bits per heavy atom. The fourth-order valence-corrected chi connectivity index (χ4v) is 1.98. The van der Waals surface area contributed by atoms with Gasteiger partial charge in [-0.05, 0) is 32.0 Å². The van der Waals surface area contributed by atoms with Gasteiger partial charge in [0.15, 0.2) is 0 Å². The molecule has 0 aliphatic carbocycles. The van der Waals surface area contributed by atoms with Gasteiger partial charge in [-0.3, -0.25) is 0 Å². The number of anilines is 1. The summed E-state index contributed by atoms with van der Waals surface area (Å²) < 4.78 is 0. The van der Waals surface area contributed by atoms with Crippen molar-refractivity contribution in [3.63, 3.8) is 0 Å². The highest BCUT2D eigenvalue weighted by Crippen LogP contribution is 2.17. The molecule has 0 aromatic carbocycles. The minimum absolute atomic E-state index is 0.235. The zero-order valence-electron chi connectivity index (χ0n) is 9.35. The van der Waals surface area contributed by atoms with E-state index in [0.717, 1.165) is 31.7 Å². The molecule has 1 N–H and O–H groups in total. The zero-order chi connectivity index (χ0) is 11.4. The van der Waals surface area contributed by atoms with Crippen molar-refractivity contribution >= 4 is 5.82 Å². The van der Waals surface area contributed by atoms with Crippen LogP contribution in [0.5, 0.6) is 0 Å². The van der Waals surface area contributed by atoms with Crippen LogP contribution in [-0.4, -0.2) is 36.1 Å². The van der Waals surface area contributed by atoms with Gasteiger partial charge in [0.25, 0.3) is 0 Å². The van der Waals surface area contributed by atoms with E-state index in [1.807, 2.05) is 19.2 Å². The van der Waals surface area contributed by atoms with Crippen molar-refractivity contribution in [2.45, 2.75) is 18.9 Å². The van der Waals surface area contributed by atoms with Crippen LogP contribution in [0.25, 0.3) is 0 Å². The second kappa shape index (κ2) is 4.90. The summed E-state index contributed by atoms with van der Waals surface area (Å²) in [6.45, 7) is 2.09. The van der Waals surface area contributed by atoms with Gasteiger partial charge in [0.05, 0.1) is 0 Å². The third-order valence-electron chi connectivity index (χ3n) is 2.96. The largest absolute Gasteiger partial charge is 0.356 e. The van der Waals surface area contributed by atoms with Gasteiger partial charge in [0.1, 0.15) is 11.9 Å². The molecule has 1 aliphatic rings. The van der Waals surface area contributed by atoms with E-state index in [-0.39, 0.29) is 5.82 Å². The number of nitrogens with one attached hydrogen (secondary N) is 1. The van der Waals surface area contributed by atoms with E-state index in [2.05, 4.69) is 20.2 Å². The molecule has 1 saturated heterocycles. The lowest BCUT2D eigenvalue weighted by Crippen LogP contribution is -2.41. The van der Waals surface area contributed by atoms with E-state index < -0.39 is 0 Å². The van der Waals surface area contributed by atoms with Gasteiger partial charge in [-0.1, -0.05) is 0 Å². The summed E-state index contributed by atoms with van der Waals surface area (Å²) in [5, 5.41) is 12.1. The van der Waals surface area contributed by atoms with Gasteiger partial charge >= 0.3 is 0 Å². The Labute approximate surface area is 95.1 Å². The highest BCUT2D eigenvalue weighted by atomic mass is 15.2. The van der Waals surface area contributed by atoms with Gasteiger partial charge in [0, 0.05) is 19.3 Å². The fourth-order valence-electron chi connectivity index (χ4n) is 1.98. The molecule has 1 aromatic heterocycles. The van der Waals surface area contributed by atoms with Crippen LogP contribution in [0.3, 0.4) is 0 Å². The lowest BCUT2D eigenvalue weighted by Gasteiger charge is -2.32. The summed E-state index contributed by atoms with van der Waals surface area (Å²) >= 11 is 0. The first-order valence-corrected chi connectivity index (χ1v) is 5.48. The number of aromatic nitrogens is 2. The Balaban J connectivity index is 2.13. The van der Waals surface area contributed by atoms with E-state index >= 15 is 0 Å². The van der Waals surface area contributed by atoms with Crippen molar-refractivity contribution in [2.24, 2.45) is 0 Å². The molecule has 5 heteroatoms. The van der Waals surface area contributed by atoms with Crippen molar-refractivity contribution in [3.8, 4) is 6.07 Å². The van der Waals surface area contributed by atoms with Crippen LogP contribution in [0.15, 0.2) is 12.3 Å². The van der Waals surface area contributed by atoms with Gasteiger partial charge in [-0.15, -0.1) is 0 Å². The summed E-state index contributed by atoms with van der Waals surface area (Å²) in [7, 11) is 2.03. The van der Waals surface area contributed by atoms with Crippen LogP contribution in [0, 0.1) is 11.3 Å². The number of piperidine rings is 1. The van der Waals surface area contributed by atoms with E-state index in [1.54, 1.807) is 6.20 Å². The lowest BCUT2D eigenvalue weighted by atomic mass is 10.1. The van der Waals surface area contributed by atoms with E-state index in [0.29, 0.717) is 6.04 Å². The number of hydrogen-bond donors (Lipinski definition) is 1. The van der Waals surface area contributed by atoms with Crippen molar-refractivity contribution in [3.05, 3.63) is 18.1 Å². The molecule has 0 saturated carbocycles. The average molecular weight is 217 g/mol. The standard InChI is InChI=1S/C11H15N5/c1-16(9-2-5-13-6-3-9)11-4-7-14-10(8-12)15-11/h4,7,9,13H,2-3,5-6H2,1H3. The molecule has 0 unspecified atom stereocenters. The predicted octanol–water partition coefficient (Wildman–Crippen LogP) is 0.536.